The first-order chi connectivity index (χ1) is 6.34. The van der Waals surface area contributed by atoms with Crippen LogP contribution in [0.1, 0.15) is 47.0 Å². The molecule has 0 amide bonds. The van der Waals surface area contributed by atoms with E-state index in [1.165, 1.54) is 25.0 Å². The molecular formula is C13H28S. The van der Waals surface area contributed by atoms with Gasteiger partial charge in [0.25, 0.3) is 0 Å². The van der Waals surface area contributed by atoms with E-state index in [0.29, 0.717) is 0 Å². The van der Waals surface area contributed by atoms with Crippen LogP contribution in [0, 0.1) is 11.3 Å². The fraction of sp³-hybridized carbons (Fsp3) is 1.00. The lowest BCUT2D eigenvalue weighted by Crippen LogP contribution is -2.52. The van der Waals surface area contributed by atoms with Gasteiger partial charge in [-0.05, 0) is 47.7 Å². The van der Waals surface area contributed by atoms with E-state index < -0.39 is 0 Å². The van der Waals surface area contributed by atoms with Crippen molar-refractivity contribution in [2.75, 3.05) is 18.3 Å². The van der Waals surface area contributed by atoms with E-state index >= 15 is 0 Å². The smallest absolute Gasteiger partial charge is 0.00808 e. The van der Waals surface area contributed by atoms with Gasteiger partial charge in [-0.15, -0.1) is 0 Å². The minimum absolute atomic E-state index is 0.236. The predicted molar refractivity (Wildman–Crippen MR) is 70.6 cm³/mol. The number of rotatable bonds is 4. The van der Waals surface area contributed by atoms with Gasteiger partial charge in [0.1, 0.15) is 0 Å². The first kappa shape index (κ1) is 12.4. The lowest BCUT2D eigenvalue weighted by molar-refractivity contribution is 0.213. The summed E-state index contributed by atoms with van der Waals surface area (Å²) >= 11 is 0. The van der Waals surface area contributed by atoms with Crippen LogP contribution in [0.2, 0.25) is 0 Å². The molecule has 1 fully saturated rings. The van der Waals surface area contributed by atoms with Crippen molar-refractivity contribution in [1.82, 2.24) is 0 Å². The maximum atomic E-state index is 2.52. The van der Waals surface area contributed by atoms with Crippen LogP contribution in [0.25, 0.3) is 0 Å². The Bertz CT molecular complexity index is 191. The second-order valence-electron chi connectivity index (χ2n) is 6.12. The molecule has 0 bridgehead atoms. The summed E-state index contributed by atoms with van der Waals surface area (Å²) in [6.45, 7) is 9.61. The summed E-state index contributed by atoms with van der Waals surface area (Å²) in [5, 5.41) is 0.998. The van der Waals surface area contributed by atoms with Crippen LogP contribution in [-0.4, -0.2) is 23.5 Å². The van der Waals surface area contributed by atoms with E-state index in [1.54, 1.807) is 0 Å². The van der Waals surface area contributed by atoms with Gasteiger partial charge in [-0.3, -0.25) is 0 Å². The molecule has 1 heteroatoms. The van der Waals surface area contributed by atoms with Gasteiger partial charge >= 0.3 is 0 Å². The molecule has 0 spiro atoms. The molecule has 1 saturated heterocycles. The van der Waals surface area contributed by atoms with Crippen LogP contribution in [0.3, 0.4) is 0 Å². The zero-order valence-corrected chi connectivity index (χ0v) is 11.7. The SMILES string of the molecule is CCCC1(CC(C)C)CS(C)(C)C1C. The molecule has 2 atom stereocenters. The first-order valence-corrected chi connectivity index (χ1v) is 8.72. The Morgan fingerprint density at radius 1 is 1.36 bits per heavy atom. The summed E-state index contributed by atoms with van der Waals surface area (Å²) in [5.74, 6) is 2.41. The van der Waals surface area contributed by atoms with Gasteiger partial charge < -0.3 is 0 Å². The highest BCUT2D eigenvalue weighted by atomic mass is 32.3. The van der Waals surface area contributed by atoms with Crippen LogP contribution >= 0.6 is 10.0 Å². The van der Waals surface area contributed by atoms with Crippen molar-refractivity contribution in [2.45, 2.75) is 52.2 Å². The van der Waals surface area contributed by atoms with E-state index in [0.717, 1.165) is 16.6 Å². The highest BCUT2D eigenvalue weighted by molar-refractivity contribution is 8.34. The molecular weight excluding hydrogens is 188 g/mol. The van der Waals surface area contributed by atoms with Gasteiger partial charge in [0.05, 0.1) is 0 Å². The quantitative estimate of drug-likeness (QED) is 0.658. The maximum absolute atomic E-state index is 2.52. The summed E-state index contributed by atoms with van der Waals surface area (Å²) in [5.41, 5.74) is 0.724. The summed E-state index contributed by atoms with van der Waals surface area (Å²) in [4.78, 5) is 0. The summed E-state index contributed by atoms with van der Waals surface area (Å²) < 4.78 is 0. The van der Waals surface area contributed by atoms with Gasteiger partial charge in [-0.25, -0.2) is 10.0 Å². The fourth-order valence-corrected chi connectivity index (χ4v) is 7.07. The predicted octanol–water partition coefficient (Wildman–Crippen LogP) is 4.29. The summed E-state index contributed by atoms with van der Waals surface area (Å²) in [7, 11) is -0.236. The molecule has 0 aromatic rings. The van der Waals surface area contributed by atoms with Crippen molar-refractivity contribution < 1.29 is 0 Å². The monoisotopic (exact) mass is 216 g/mol. The van der Waals surface area contributed by atoms with Crippen molar-refractivity contribution in [1.29, 1.82) is 0 Å². The second-order valence-corrected chi connectivity index (χ2v) is 10.4. The molecule has 0 nitrogen and oxygen atoms in total. The summed E-state index contributed by atoms with van der Waals surface area (Å²) in [6, 6.07) is 0. The maximum Gasteiger partial charge on any atom is -0.00808 e. The Morgan fingerprint density at radius 3 is 2.21 bits per heavy atom. The van der Waals surface area contributed by atoms with Gasteiger partial charge in [0.15, 0.2) is 0 Å². The zero-order chi connectivity index (χ0) is 11.0. The lowest BCUT2D eigenvalue weighted by Gasteiger charge is -2.64. The van der Waals surface area contributed by atoms with Crippen LogP contribution in [0.5, 0.6) is 0 Å². The van der Waals surface area contributed by atoms with E-state index in [2.05, 4.69) is 40.2 Å². The van der Waals surface area contributed by atoms with E-state index in [4.69, 9.17) is 0 Å². The molecule has 0 radical (unpaired) electrons. The van der Waals surface area contributed by atoms with Crippen LogP contribution in [0.4, 0.5) is 0 Å². The highest BCUT2D eigenvalue weighted by Gasteiger charge is 2.52. The molecule has 2 unspecified atom stereocenters. The van der Waals surface area contributed by atoms with E-state index in [-0.39, 0.29) is 10.0 Å². The molecule has 1 aliphatic rings. The topological polar surface area (TPSA) is 0 Å². The average Bonchev–Trinajstić information content (AvgIpc) is 2.02. The Labute approximate surface area is 92.2 Å². The molecule has 1 heterocycles. The third-order valence-corrected chi connectivity index (χ3v) is 7.77. The Morgan fingerprint density at radius 2 is 1.93 bits per heavy atom. The third kappa shape index (κ3) is 2.13. The lowest BCUT2D eigenvalue weighted by atomic mass is 9.75. The van der Waals surface area contributed by atoms with Crippen molar-refractivity contribution in [2.24, 2.45) is 11.3 Å². The molecule has 0 saturated carbocycles. The first-order valence-electron chi connectivity index (χ1n) is 6.04. The highest BCUT2D eigenvalue weighted by Crippen LogP contribution is 2.69. The van der Waals surface area contributed by atoms with Crippen LogP contribution in [-0.2, 0) is 0 Å². The molecule has 0 N–H and O–H groups in total. The number of hydrogen-bond donors (Lipinski definition) is 0. The molecule has 1 rings (SSSR count). The van der Waals surface area contributed by atoms with Crippen molar-refractivity contribution in [3.63, 3.8) is 0 Å². The summed E-state index contributed by atoms with van der Waals surface area (Å²) in [6.07, 6.45) is 9.32. The third-order valence-electron chi connectivity index (χ3n) is 4.04. The number of hydrogen-bond acceptors (Lipinski definition) is 0. The van der Waals surface area contributed by atoms with Crippen molar-refractivity contribution in [3.05, 3.63) is 0 Å². The fourth-order valence-electron chi connectivity index (χ4n) is 3.47. The van der Waals surface area contributed by atoms with Crippen molar-refractivity contribution >= 4 is 10.0 Å². The Kier molecular flexibility index (Phi) is 3.62. The van der Waals surface area contributed by atoms with Crippen LogP contribution < -0.4 is 0 Å². The Balaban J connectivity index is 2.67. The van der Waals surface area contributed by atoms with E-state index in [9.17, 15) is 0 Å². The van der Waals surface area contributed by atoms with Gasteiger partial charge in [-0.2, -0.15) is 0 Å². The standard InChI is InChI=1S/C13H28S/c1-7-8-13(9-11(2)3)10-14(5,6)12(13)4/h11-12H,7-10H2,1-6H3. The molecule has 0 aromatic heterocycles. The van der Waals surface area contributed by atoms with Crippen LogP contribution in [0.15, 0.2) is 0 Å². The normalized spacial score (nSPS) is 38.1. The molecule has 14 heavy (non-hydrogen) atoms. The molecule has 86 valence electrons. The van der Waals surface area contributed by atoms with Crippen molar-refractivity contribution in [3.8, 4) is 0 Å². The zero-order valence-electron chi connectivity index (χ0n) is 10.9. The average molecular weight is 216 g/mol. The molecule has 1 aliphatic heterocycles. The van der Waals surface area contributed by atoms with E-state index in [1.807, 2.05) is 0 Å². The van der Waals surface area contributed by atoms with Gasteiger partial charge in [0.2, 0.25) is 0 Å². The van der Waals surface area contributed by atoms with Gasteiger partial charge in [0, 0.05) is 0 Å². The molecule has 0 aliphatic carbocycles. The minimum atomic E-state index is -0.236. The minimum Gasteiger partial charge on any atom is -0.243 e. The second kappa shape index (κ2) is 4.08. The largest absolute Gasteiger partial charge is 0.243 e. The molecule has 0 aromatic carbocycles. The Hall–Kier alpha value is 0.350. The van der Waals surface area contributed by atoms with Gasteiger partial charge in [-0.1, -0.05) is 34.1 Å².